The average molecular weight is 295 g/mol. The molecule has 0 amide bonds. The Morgan fingerprint density at radius 3 is 2.55 bits per heavy atom. The minimum absolute atomic E-state index is 0.598. The van der Waals surface area contributed by atoms with Gasteiger partial charge in [0.15, 0.2) is 0 Å². The van der Waals surface area contributed by atoms with Crippen molar-refractivity contribution in [3.63, 3.8) is 0 Å². The van der Waals surface area contributed by atoms with Gasteiger partial charge in [0.25, 0.3) is 0 Å². The molecular weight excluding hydrogens is 264 g/mol. The van der Waals surface area contributed by atoms with Gasteiger partial charge in [-0.05, 0) is 56.4 Å². The van der Waals surface area contributed by atoms with E-state index >= 15 is 0 Å². The third kappa shape index (κ3) is 4.57. The van der Waals surface area contributed by atoms with E-state index < -0.39 is 0 Å². The van der Waals surface area contributed by atoms with Crippen molar-refractivity contribution in [2.75, 3.05) is 19.6 Å². The van der Waals surface area contributed by atoms with E-state index in [0.717, 1.165) is 19.6 Å². The summed E-state index contributed by atoms with van der Waals surface area (Å²) in [6, 6.07) is 4.62. The van der Waals surface area contributed by atoms with Gasteiger partial charge in [0.2, 0.25) is 0 Å². The molecule has 1 aromatic heterocycles. The molecular formula is C17H30N2S. The Bertz CT molecular complexity index is 391. The van der Waals surface area contributed by atoms with Crippen molar-refractivity contribution in [2.45, 2.75) is 59.5 Å². The Hall–Kier alpha value is -0.380. The molecule has 20 heavy (non-hydrogen) atoms. The lowest BCUT2D eigenvalue weighted by atomic mass is 9.78. The van der Waals surface area contributed by atoms with Crippen molar-refractivity contribution < 1.29 is 0 Å². The van der Waals surface area contributed by atoms with E-state index in [1.54, 1.807) is 0 Å². The summed E-state index contributed by atoms with van der Waals surface area (Å²) in [5.74, 6) is 0. The fourth-order valence-corrected chi connectivity index (χ4v) is 3.85. The monoisotopic (exact) mass is 294 g/mol. The normalized spacial score (nSPS) is 19.4. The molecule has 0 radical (unpaired) electrons. The van der Waals surface area contributed by atoms with Crippen LogP contribution >= 0.6 is 11.3 Å². The lowest BCUT2D eigenvalue weighted by molar-refractivity contribution is 0.110. The first kappa shape index (κ1) is 16.0. The van der Waals surface area contributed by atoms with E-state index in [-0.39, 0.29) is 0 Å². The van der Waals surface area contributed by atoms with E-state index in [4.69, 9.17) is 0 Å². The van der Waals surface area contributed by atoms with Gasteiger partial charge < -0.3 is 5.32 Å². The number of thiophene rings is 1. The van der Waals surface area contributed by atoms with Crippen molar-refractivity contribution in [2.24, 2.45) is 5.41 Å². The molecule has 1 fully saturated rings. The van der Waals surface area contributed by atoms with Crippen molar-refractivity contribution in [1.82, 2.24) is 10.2 Å². The predicted molar refractivity (Wildman–Crippen MR) is 89.2 cm³/mol. The molecule has 114 valence electrons. The summed E-state index contributed by atoms with van der Waals surface area (Å²) in [4.78, 5) is 5.63. The van der Waals surface area contributed by atoms with E-state index in [9.17, 15) is 0 Å². The van der Waals surface area contributed by atoms with Gasteiger partial charge >= 0.3 is 0 Å². The van der Waals surface area contributed by atoms with Crippen LogP contribution in [0.25, 0.3) is 0 Å². The molecule has 0 aromatic carbocycles. The van der Waals surface area contributed by atoms with Crippen molar-refractivity contribution >= 4 is 11.3 Å². The minimum Gasteiger partial charge on any atom is -0.312 e. The molecule has 1 saturated heterocycles. The Labute approximate surface area is 128 Å². The van der Waals surface area contributed by atoms with E-state index in [2.05, 4.69) is 43.1 Å². The highest BCUT2D eigenvalue weighted by molar-refractivity contribution is 7.11. The van der Waals surface area contributed by atoms with Gasteiger partial charge in [-0.25, -0.2) is 0 Å². The third-order valence-corrected chi connectivity index (χ3v) is 5.81. The SMILES string of the molecule is CCCNCc1ccc(CN2CCC(C)(CC)CC2)s1. The van der Waals surface area contributed by atoms with Gasteiger partial charge in [-0.2, -0.15) is 0 Å². The van der Waals surface area contributed by atoms with Crippen LogP contribution in [0, 0.1) is 5.41 Å². The van der Waals surface area contributed by atoms with Crippen LogP contribution in [0.1, 0.15) is 56.2 Å². The second-order valence-corrected chi connectivity index (χ2v) is 7.74. The zero-order valence-electron chi connectivity index (χ0n) is 13.4. The Morgan fingerprint density at radius 2 is 1.90 bits per heavy atom. The highest BCUT2D eigenvalue weighted by atomic mass is 32.1. The molecule has 1 aromatic rings. The number of piperidine rings is 1. The van der Waals surface area contributed by atoms with Gasteiger partial charge in [-0.1, -0.05) is 27.2 Å². The molecule has 0 spiro atoms. The average Bonchev–Trinajstić information content (AvgIpc) is 2.90. The first-order valence-corrected chi connectivity index (χ1v) is 8.97. The van der Waals surface area contributed by atoms with E-state index in [0.29, 0.717) is 5.41 Å². The Kier molecular flexibility index (Phi) is 6.06. The maximum absolute atomic E-state index is 3.48. The second kappa shape index (κ2) is 7.58. The molecule has 0 bridgehead atoms. The van der Waals surface area contributed by atoms with Gasteiger partial charge in [-0.15, -0.1) is 11.3 Å². The van der Waals surface area contributed by atoms with Crippen molar-refractivity contribution in [1.29, 1.82) is 0 Å². The maximum atomic E-state index is 3.48. The molecule has 1 N–H and O–H groups in total. The van der Waals surface area contributed by atoms with Gasteiger partial charge in [0.05, 0.1) is 0 Å². The van der Waals surface area contributed by atoms with Crippen molar-refractivity contribution in [3.05, 3.63) is 21.9 Å². The first-order valence-electron chi connectivity index (χ1n) is 8.16. The van der Waals surface area contributed by atoms with Crippen molar-refractivity contribution in [3.8, 4) is 0 Å². The topological polar surface area (TPSA) is 15.3 Å². The summed E-state index contributed by atoms with van der Waals surface area (Å²) in [5.41, 5.74) is 0.598. The summed E-state index contributed by atoms with van der Waals surface area (Å²) in [6.07, 6.45) is 5.26. The summed E-state index contributed by atoms with van der Waals surface area (Å²) >= 11 is 1.98. The first-order chi connectivity index (χ1) is 9.65. The molecule has 0 unspecified atom stereocenters. The van der Waals surface area contributed by atoms with E-state index in [1.165, 1.54) is 48.5 Å². The fraction of sp³-hybridized carbons (Fsp3) is 0.765. The largest absolute Gasteiger partial charge is 0.312 e. The van der Waals surface area contributed by atoms with Crippen LogP contribution in [0.3, 0.4) is 0 Å². The molecule has 0 atom stereocenters. The third-order valence-electron chi connectivity index (χ3n) is 4.74. The van der Waals surface area contributed by atoms with E-state index in [1.807, 2.05) is 11.3 Å². The molecule has 2 rings (SSSR count). The number of hydrogen-bond donors (Lipinski definition) is 1. The van der Waals surface area contributed by atoms with Gasteiger partial charge in [0.1, 0.15) is 0 Å². The van der Waals surface area contributed by atoms with Crippen LogP contribution < -0.4 is 5.32 Å². The van der Waals surface area contributed by atoms with Crippen LogP contribution in [0.2, 0.25) is 0 Å². The van der Waals surface area contributed by atoms with Gasteiger partial charge in [0, 0.05) is 22.8 Å². The smallest absolute Gasteiger partial charge is 0.0328 e. The van der Waals surface area contributed by atoms with Crippen LogP contribution in [0.4, 0.5) is 0 Å². The summed E-state index contributed by atoms with van der Waals surface area (Å²) < 4.78 is 0. The van der Waals surface area contributed by atoms with Crippen LogP contribution in [0.15, 0.2) is 12.1 Å². The van der Waals surface area contributed by atoms with Crippen LogP contribution in [-0.2, 0) is 13.1 Å². The van der Waals surface area contributed by atoms with Crippen LogP contribution in [-0.4, -0.2) is 24.5 Å². The highest BCUT2D eigenvalue weighted by Gasteiger charge is 2.28. The summed E-state index contributed by atoms with van der Waals surface area (Å²) in [5, 5.41) is 3.48. The number of hydrogen-bond acceptors (Lipinski definition) is 3. The second-order valence-electron chi connectivity index (χ2n) is 6.49. The standard InChI is InChI=1S/C17H30N2S/c1-4-10-18-13-15-6-7-16(20-15)14-19-11-8-17(3,5-2)9-12-19/h6-7,18H,4-5,8-14H2,1-3H3. The Morgan fingerprint density at radius 1 is 1.20 bits per heavy atom. The zero-order valence-corrected chi connectivity index (χ0v) is 14.2. The number of nitrogens with one attached hydrogen (secondary N) is 1. The number of likely N-dealkylation sites (tertiary alicyclic amines) is 1. The number of nitrogens with zero attached hydrogens (tertiary/aromatic N) is 1. The zero-order chi connectivity index (χ0) is 14.4. The summed E-state index contributed by atoms with van der Waals surface area (Å²) in [6.45, 7) is 12.8. The molecule has 3 heteroatoms. The molecule has 2 nitrogen and oxygen atoms in total. The summed E-state index contributed by atoms with van der Waals surface area (Å²) in [7, 11) is 0. The molecule has 1 aliphatic heterocycles. The lowest BCUT2D eigenvalue weighted by Gasteiger charge is -2.38. The van der Waals surface area contributed by atoms with Crippen LogP contribution in [0.5, 0.6) is 0 Å². The maximum Gasteiger partial charge on any atom is 0.0328 e. The molecule has 0 aliphatic carbocycles. The molecule has 2 heterocycles. The lowest BCUT2D eigenvalue weighted by Crippen LogP contribution is -2.37. The molecule has 0 saturated carbocycles. The van der Waals surface area contributed by atoms with Gasteiger partial charge in [-0.3, -0.25) is 4.90 Å². The fourth-order valence-electron chi connectivity index (χ4n) is 2.82. The predicted octanol–water partition coefficient (Wildman–Crippen LogP) is 4.26. The minimum atomic E-state index is 0.598. The number of rotatable bonds is 7. The quantitative estimate of drug-likeness (QED) is 0.756. The molecule has 1 aliphatic rings. The highest BCUT2D eigenvalue weighted by Crippen LogP contribution is 2.34. The Balaban J connectivity index is 1.77.